The molecule has 3 nitrogen and oxygen atoms in total. The average Bonchev–Trinajstić information content (AvgIpc) is 2.73. The molecule has 0 radical (unpaired) electrons. The molecule has 1 aliphatic rings. The Hall–Kier alpha value is -1.34. The number of benzene rings is 2. The van der Waals surface area contributed by atoms with Crippen LogP contribution in [0.5, 0.6) is 0 Å². The lowest BCUT2D eigenvalue weighted by Crippen LogP contribution is -2.09. The molecule has 20 heavy (non-hydrogen) atoms. The van der Waals surface area contributed by atoms with Crippen molar-refractivity contribution >= 4 is 61.4 Å². The zero-order valence-electron chi connectivity index (χ0n) is 10.3. The van der Waals surface area contributed by atoms with E-state index in [1.807, 2.05) is 42.5 Å². The number of hydrogen-bond donors (Lipinski definition) is 2. The summed E-state index contributed by atoms with van der Waals surface area (Å²) in [6.45, 7) is 0. The number of anilines is 1. The van der Waals surface area contributed by atoms with Crippen molar-refractivity contribution in [3.8, 4) is 0 Å². The van der Waals surface area contributed by atoms with Crippen molar-refractivity contribution in [2.24, 2.45) is 5.73 Å². The van der Waals surface area contributed by atoms with Gasteiger partial charge in [0, 0.05) is 19.3 Å². The van der Waals surface area contributed by atoms with Crippen molar-refractivity contribution < 1.29 is 4.79 Å². The van der Waals surface area contributed by atoms with Crippen molar-refractivity contribution in [3.63, 3.8) is 0 Å². The molecule has 2 aromatic carbocycles. The Kier molecular flexibility index (Phi) is 3.55. The summed E-state index contributed by atoms with van der Waals surface area (Å²) in [5, 5.41) is 2.84. The zero-order valence-corrected chi connectivity index (χ0v) is 14.0. The summed E-state index contributed by atoms with van der Waals surface area (Å²) in [4.78, 5) is 12.2. The van der Waals surface area contributed by atoms with Gasteiger partial charge in [0.15, 0.2) is 0 Å². The largest absolute Gasteiger partial charge is 0.398 e. The third kappa shape index (κ3) is 2.35. The van der Waals surface area contributed by atoms with Crippen LogP contribution in [0.2, 0.25) is 0 Å². The van der Waals surface area contributed by atoms with Gasteiger partial charge in [-0.2, -0.15) is 0 Å². The molecule has 0 fully saturated rings. The highest BCUT2D eigenvalue weighted by Crippen LogP contribution is 2.36. The summed E-state index contributed by atoms with van der Waals surface area (Å²) in [5.74, 6) is -0.158. The minimum absolute atomic E-state index is 0.158. The highest BCUT2D eigenvalue weighted by molar-refractivity contribution is 14.1. The molecule has 0 saturated heterocycles. The first-order valence-corrected chi connectivity index (χ1v) is 7.80. The van der Waals surface area contributed by atoms with Crippen LogP contribution in [0, 0.1) is 3.57 Å². The highest BCUT2D eigenvalue weighted by atomic mass is 127. The van der Waals surface area contributed by atoms with Crippen LogP contribution in [0.3, 0.4) is 0 Å². The second kappa shape index (κ2) is 5.21. The lowest BCUT2D eigenvalue weighted by Gasteiger charge is -2.07. The van der Waals surface area contributed by atoms with Crippen LogP contribution in [-0.4, -0.2) is 5.91 Å². The maximum Gasteiger partial charge on any atom is 0.258 e. The number of carbonyl (C=O) groups excluding carboxylic acids is 1. The van der Waals surface area contributed by atoms with Crippen molar-refractivity contribution in [2.75, 3.05) is 5.32 Å². The number of rotatable bonds is 1. The molecule has 0 bridgehead atoms. The Morgan fingerprint density at radius 3 is 2.75 bits per heavy atom. The summed E-state index contributed by atoms with van der Waals surface area (Å²) in [7, 11) is 0. The lowest BCUT2D eigenvalue weighted by atomic mass is 10.0. The fourth-order valence-electron chi connectivity index (χ4n) is 2.21. The average molecular weight is 441 g/mol. The summed E-state index contributed by atoms with van der Waals surface area (Å²) in [6, 6.07) is 13.5. The Bertz CT molecular complexity index is 755. The molecule has 1 heterocycles. The molecular weight excluding hydrogens is 431 g/mol. The Morgan fingerprint density at radius 2 is 2.00 bits per heavy atom. The highest BCUT2D eigenvalue weighted by Gasteiger charge is 2.27. The summed E-state index contributed by atoms with van der Waals surface area (Å²) in [5.41, 5.74) is 9.74. The molecular formula is C15H10BrIN2O. The van der Waals surface area contributed by atoms with Crippen molar-refractivity contribution in [1.29, 1.82) is 0 Å². The first-order chi connectivity index (χ1) is 9.56. The normalized spacial score (nSPS) is 15.8. The SMILES string of the molecule is N/C(=C1/C(=O)Nc2ccc(Br)cc21)c1cccc(I)c1. The van der Waals surface area contributed by atoms with E-state index in [2.05, 4.69) is 43.8 Å². The second-order valence-electron chi connectivity index (χ2n) is 4.44. The fourth-order valence-corrected chi connectivity index (χ4v) is 3.11. The molecule has 0 aromatic heterocycles. The Balaban J connectivity index is 2.21. The number of fused-ring (bicyclic) bond motifs is 1. The van der Waals surface area contributed by atoms with Gasteiger partial charge in [0.1, 0.15) is 0 Å². The first-order valence-electron chi connectivity index (χ1n) is 5.93. The van der Waals surface area contributed by atoms with Gasteiger partial charge in [-0.1, -0.05) is 28.1 Å². The second-order valence-corrected chi connectivity index (χ2v) is 6.60. The topological polar surface area (TPSA) is 55.1 Å². The molecule has 3 rings (SSSR count). The van der Waals surface area contributed by atoms with E-state index in [4.69, 9.17) is 5.73 Å². The molecule has 0 unspecified atom stereocenters. The van der Waals surface area contributed by atoms with E-state index < -0.39 is 0 Å². The van der Waals surface area contributed by atoms with Gasteiger partial charge < -0.3 is 11.1 Å². The van der Waals surface area contributed by atoms with E-state index in [0.29, 0.717) is 11.3 Å². The van der Waals surface area contributed by atoms with Gasteiger partial charge in [0.05, 0.1) is 11.3 Å². The maximum absolute atomic E-state index is 12.2. The summed E-state index contributed by atoms with van der Waals surface area (Å²) < 4.78 is 2.00. The third-order valence-corrected chi connectivity index (χ3v) is 4.30. The van der Waals surface area contributed by atoms with Gasteiger partial charge in [-0.15, -0.1) is 0 Å². The van der Waals surface area contributed by atoms with E-state index in [1.54, 1.807) is 0 Å². The van der Waals surface area contributed by atoms with Gasteiger partial charge >= 0.3 is 0 Å². The van der Waals surface area contributed by atoms with Gasteiger partial charge in [-0.05, 0) is 58.5 Å². The fraction of sp³-hybridized carbons (Fsp3) is 0. The lowest BCUT2D eigenvalue weighted by molar-refractivity contribution is -0.110. The zero-order chi connectivity index (χ0) is 14.3. The van der Waals surface area contributed by atoms with E-state index in [0.717, 1.165) is 24.9 Å². The van der Waals surface area contributed by atoms with E-state index >= 15 is 0 Å². The smallest absolute Gasteiger partial charge is 0.258 e. The molecule has 5 heteroatoms. The van der Waals surface area contributed by atoms with Crippen LogP contribution in [-0.2, 0) is 4.79 Å². The molecule has 0 atom stereocenters. The van der Waals surface area contributed by atoms with Crippen LogP contribution < -0.4 is 11.1 Å². The van der Waals surface area contributed by atoms with Gasteiger partial charge in [-0.3, -0.25) is 4.79 Å². The molecule has 2 aromatic rings. The van der Waals surface area contributed by atoms with Crippen LogP contribution in [0.25, 0.3) is 11.3 Å². The molecule has 0 spiro atoms. The van der Waals surface area contributed by atoms with Gasteiger partial charge in [-0.25, -0.2) is 0 Å². The minimum Gasteiger partial charge on any atom is -0.398 e. The number of carbonyl (C=O) groups is 1. The van der Waals surface area contributed by atoms with Crippen LogP contribution in [0.4, 0.5) is 5.69 Å². The number of hydrogen-bond acceptors (Lipinski definition) is 2. The molecule has 100 valence electrons. The predicted molar refractivity (Wildman–Crippen MR) is 92.9 cm³/mol. The standard InChI is InChI=1S/C15H10BrIN2O/c16-9-4-5-12-11(7-9)13(15(20)19-12)14(18)8-2-1-3-10(17)6-8/h1-7H,18H2,(H,19,20)/b14-13+. The molecule has 1 aliphatic heterocycles. The number of amides is 1. The van der Waals surface area contributed by atoms with Crippen molar-refractivity contribution in [3.05, 3.63) is 61.6 Å². The molecule has 1 amide bonds. The van der Waals surface area contributed by atoms with E-state index in [1.165, 1.54) is 0 Å². The predicted octanol–water partition coefficient (Wildman–Crippen LogP) is 3.83. The van der Waals surface area contributed by atoms with Gasteiger partial charge in [0.25, 0.3) is 5.91 Å². The monoisotopic (exact) mass is 440 g/mol. The van der Waals surface area contributed by atoms with Crippen LogP contribution in [0.15, 0.2) is 46.9 Å². The Morgan fingerprint density at radius 1 is 1.20 bits per heavy atom. The van der Waals surface area contributed by atoms with Crippen molar-refractivity contribution in [1.82, 2.24) is 0 Å². The van der Waals surface area contributed by atoms with Crippen LogP contribution in [0.1, 0.15) is 11.1 Å². The summed E-state index contributed by atoms with van der Waals surface area (Å²) >= 11 is 5.65. The number of nitrogens with one attached hydrogen (secondary N) is 1. The third-order valence-electron chi connectivity index (χ3n) is 3.13. The molecule has 3 N–H and O–H groups in total. The van der Waals surface area contributed by atoms with Crippen LogP contribution >= 0.6 is 38.5 Å². The number of nitrogens with two attached hydrogens (primary N) is 1. The molecule has 0 aliphatic carbocycles. The molecule has 0 saturated carbocycles. The van der Waals surface area contributed by atoms with E-state index in [9.17, 15) is 4.79 Å². The van der Waals surface area contributed by atoms with E-state index in [-0.39, 0.29) is 5.91 Å². The number of halogens is 2. The van der Waals surface area contributed by atoms with Gasteiger partial charge in [0.2, 0.25) is 0 Å². The minimum atomic E-state index is -0.158. The Labute approximate surface area is 138 Å². The van der Waals surface area contributed by atoms with Crippen molar-refractivity contribution in [2.45, 2.75) is 0 Å². The quantitative estimate of drug-likeness (QED) is 0.523. The first kappa shape index (κ1) is 13.6. The summed E-state index contributed by atoms with van der Waals surface area (Å²) in [6.07, 6.45) is 0. The maximum atomic E-state index is 12.2.